The number of carboxylic acids is 1. The van der Waals surface area contributed by atoms with Crippen LogP contribution in [0, 0.1) is 29.6 Å². The number of hydrogen-bond acceptors (Lipinski definition) is 7. The average Bonchev–Trinajstić information content (AvgIpc) is 3.03. The molecule has 0 fully saturated rings. The number of benzene rings is 1. The van der Waals surface area contributed by atoms with Crippen molar-refractivity contribution in [2.75, 3.05) is 19.5 Å². The van der Waals surface area contributed by atoms with E-state index in [1.807, 2.05) is 19.1 Å². The second-order valence-electron chi connectivity index (χ2n) is 7.39. The molecule has 0 saturated carbocycles. The van der Waals surface area contributed by atoms with Crippen molar-refractivity contribution >= 4 is 29.0 Å². The Bertz CT molecular complexity index is 1320. The Morgan fingerprint density at radius 1 is 1.30 bits per heavy atom. The highest BCUT2D eigenvalue weighted by Crippen LogP contribution is 2.45. The number of carbonyl (C=O) groups is 1. The molecule has 8 heteroatoms. The molecule has 8 nitrogen and oxygen atoms in total. The first-order valence-electron chi connectivity index (χ1n) is 9.97. The van der Waals surface area contributed by atoms with Crippen LogP contribution in [0.3, 0.4) is 0 Å². The van der Waals surface area contributed by atoms with Crippen LogP contribution < -0.4 is 15.2 Å². The quantitative estimate of drug-likeness (QED) is 0.615. The first-order chi connectivity index (χ1) is 15.8. The van der Waals surface area contributed by atoms with E-state index in [4.69, 9.17) is 20.3 Å². The van der Waals surface area contributed by atoms with Gasteiger partial charge >= 0.3 is 5.97 Å². The zero-order valence-electron chi connectivity index (χ0n) is 18.5. The maximum Gasteiger partial charge on any atom is 0.341 e. The van der Waals surface area contributed by atoms with Gasteiger partial charge in [0.2, 0.25) is 0 Å². The molecule has 1 aromatic carbocycles. The highest BCUT2D eigenvalue weighted by Gasteiger charge is 2.29. The van der Waals surface area contributed by atoms with Gasteiger partial charge in [0.1, 0.15) is 18.0 Å². The number of pyridine rings is 1. The van der Waals surface area contributed by atoms with Crippen molar-refractivity contribution in [1.82, 2.24) is 4.98 Å². The average molecular weight is 442 g/mol. The number of aliphatic carboxylic acids is 1. The molecule has 166 valence electrons. The number of nitrogens with zero attached hydrogens (tertiary/aromatic N) is 3. The van der Waals surface area contributed by atoms with Crippen molar-refractivity contribution < 1.29 is 19.4 Å². The molecule has 0 bridgehead atoms. The van der Waals surface area contributed by atoms with E-state index in [1.165, 1.54) is 7.11 Å². The van der Waals surface area contributed by atoms with Crippen LogP contribution in [0.15, 0.2) is 30.4 Å². The molecular weight excluding hydrogens is 420 g/mol. The predicted molar refractivity (Wildman–Crippen MR) is 124 cm³/mol. The summed E-state index contributed by atoms with van der Waals surface area (Å²) in [6.07, 6.45) is 3.98. The number of ether oxygens (including phenoxy) is 2. The number of aromatic nitrogens is 1. The van der Waals surface area contributed by atoms with E-state index in [2.05, 4.69) is 23.7 Å². The first kappa shape index (κ1) is 23.1. The van der Waals surface area contributed by atoms with Crippen LogP contribution in [0.2, 0.25) is 0 Å². The minimum absolute atomic E-state index is 0.0884. The van der Waals surface area contributed by atoms with Crippen LogP contribution in [0.25, 0.3) is 17.2 Å². The zero-order chi connectivity index (χ0) is 24.3. The van der Waals surface area contributed by atoms with Crippen LogP contribution in [-0.4, -0.2) is 29.8 Å². The summed E-state index contributed by atoms with van der Waals surface area (Å²) in [6, 6.07) is 7.85. The topological polar surface area (TPSA) is 142 Å². The van der Waals surface area contributed by atoms with Crippen LogP contribution in [0.1, 0.15) is 40.4 Å². The van der Waals surface area contributed by atoms with Crippen molar-refractivity contribution in [1.29, 1.82) is 10.5 Å². The molecule has 1 aliphatic rings. The summed E-state index contributed by atoms with van der Waals surface area (Å²) in [6.45, 7) is 6.85. The molecule has 3 rings (SSSR count). The van der Waals surface area contributed by atoms with Gasteiger partial charge in [-0.15, -0.1) is 6.58 Å². The standard InChI is InChI=1S/C25H22N4O4/c1-5-6-16-7-15(9-20(32-4)24(16)33-12-21(30)31)8-17-13(2)18(10-26)23-22(17)14(3)19(11-27)25(28)29-23/h5,7-9H,1,6,12H2,2-4H3,(H2,28,29)(H,30,31)/b17-8-. The fraction of sp³-hybridized carbons (Fsp3) is 0.200. The van der Waals surface area contributed by atoms with E-state index in [1.54, 1.807) is 19.1 Å². The molecule has 33 heavy (non-hydrogen) atoms. The lowest BCUT2D eigenvalue weighted by Gasteiger charge is -2.15. The largest absolute Gasteiger partial charge is 0.493 e. The molecule has 1 heterocycles. The molecule has 2 aromatic rings. The van der Waals surface area contributed by atoms with Gasteiger partial charge in [0.25, 0.3) is 0 Å². The van der Waals surface area contributed by atoms with Gasteiger partial charge in [-0.25, -0.2) is 9.78 Å². The second kappa shape index (κ2) is 9.29. The van der Waals surface area contributed by atoms with Crippen molar-refractivity contribution in [3.63, 3.8) is 0 Å². The summed E-state index contributed by atoms with van der Waals surface area (Å²) < 4.78 is 10.9. The normalized spacial score (nSPS) is 13.3. The Hall–Kier alpha value is -4.56. The first-order valence-corrected chi connectivity index (χ1v) is 9.97. The Morgan fingerprint density at radius 2 is 2.03 bits per heavy atom. The monoisotopic (exact) mass is 442 g/mol. The summed E-state index contributed by atoms with van der Waals surface area (Å²) in [5.41, 5.74) is 11.3. The number of fused-ring (bicyclic) bond motifs is 1. The number of methoxy groups -OCH3 is 1. The smallest absolute Gasteiger partial charge is 0.341 e. The molecule has 3 N–H and O–H groups in total. The number of nitriles is 2. The van der Waals surface area contributed by atoms with Crippen LogP contribution >= 0.6 is 0 Å². The van der Waals surface area contributed by atoms with Gasteiger partial charge in [-0.2, -0.15) is 10.5 Å². The number of carboxylic acid groups (broad SMARTS) is 1. The Morgan fingerprint density at radius 3 is 2.61 bits per heavy atom. The van der Waals surface area contributed by atoms with E-state index in [-0.39, 0.29) is 11.4 Å². The molecule has 0 radical (unpaired) electrons. The van der Waals surface area contributed by atoms with E-state index in [9.17, 15) is 15.3 Å². The fourth-order valence-electron chi connectivity index (χ4n) is 3.89. The lowest BCUT2D eigenvalue weighted by Crippen LogP contribution is -2.11. The summed E-state index contributed by atoms with van der Waals surface area (Å²) in [5, 5.41) is 28.3. The number of rotatable bonds is 7. The van der Waals surface area contributed by atoms with Gasteiger partial charge in [0, 0.05) is 11.1 Å². The molecule has 1 aliphatic carbocycles. The van der Waals surface area contributed by atoms with Gasteiger partial charge in [0.05, 0.1) is 23.9 Å². The van der Waals surface area contributed by atoms with Crippen molar-refractivity contribution in [3.05, 3.63) is 63.9 Å². The minimum Gasteiger partial charge on any atom is -0.493 e. The maximum absolute atomic E-state index is 11.0. The summed E-state index contributed by atoms with van der Waals surface area (Å²) in [4.78, 5) is 15.3. The molecule has 0 saturated heterocycles. The molecule has 1 aromatic heterocycles. The highest BCUT2D eigenvalue weighted by molar-refractivity contribution is 6.08. The molecule has 0 atom stereocenters. The lowest BCUT2D eigenvalue weighted by molar-refractivity contribution is -0.139. The van der Waals surface area contributed by atoms with E-state index >= 15 is 0 Å². The number of allylic oxidation sites excluding steroid dienone is 4. The van der Waals surface area contributed by atoms with Gasteiger partial charge in [-0.3, -0.25) is 0 Å². The summed E-state index contributed by atoms with van der Waals surface area (Å²) in [5.74, 6) is -0.315. The molecule has 0 aliphatic heterocycles. The highest BCUT2D eigenvalue weighted by atomic mass is 16.5. The van der Waals surface area contributed by atoms with Gasteiger partial charge in [-0.05, 0) is 60.8 Å². The summed E-state index contributed by atoms with van der Waals surface area (Å²) >= 11 is 0. The van der Waals surface area contributed by atoms with E-state index < -0.39 is 12.6 Å². The van der Waals surface area contributed by atoms with Crippen LogP contribution in [0.4, 0.5) is 5.82 Å². The third-order valence-corrected chi connectivity index (χ3v) is 5.37. The summed E-state index contributed by atoms with van der Waals surface area (Å²) in [7, 11) is 1.47. The van der Waals surface area contributed by atoms with E-state index in [0.717, 1.165) is 11.1 Å². The number of anilines is 1. The molecular formula is C25H22N4O4. The minimum atomic E-state index is -1.10. The number of nitrogen functional groups attached to an aromatic ring is 1. The zero-order valence-corrected chi connectivity index (χ0v) is 18.5. The van der Waals surface area contributed by atoms with Gasteiger partial charge < -0.3 is 20.3 Å². The van der Waals surface area contributed by atoms with Crippen LogP contribution in [-0.2, 0) is 11.2 Å². The lowest BCUT2D eigenvalue weighted by atomic mass is 9.95. The molecule has 0 amide bonds. The van der Waals surface area contributed by atoms with Gasteiger partial charge in [-0.1, -0.05) is 6.08 Å². The van der Waals surface area contributed by atoms with Crippen molar-refractivity contribution in [3.8, 4) is 23.6 Å². The van der Waals surface area contributed by atoms with Crippen molar-refractivity contribution in [2.24, 2.45) is 0 Å². The van der Waals surface area contributed by atoms with E-state index in [0.29, 0.717) is 51.5 Å². The third-order valence-electron chi connectivity index (χ3n) is 5.37. The number of hydrogen-bond donors (Lipinski definition) is 2. The predicted octanol–water partition coefficient (Wildman–Crippen LogP) is 3.90. The van der Waals surface area contributed by atoms with Crippen LogP contribution in [0.5, 0.6) is 11.5 Å². The van der Waals surface area contributed by atoms with Crippen molar-refractivity contribution in [2.45, 2.75) is 20.3 Å². The molecule has 0 spiro atoms. The Kier molecular flexibility index (Phi) is 6.51. The number of nitrogens with two attached hydrogens (primary N) is 1. The Labute approximate surface area is 191 Å². The maximum atomic E-state index is 11.0. The molecule has 0 unspecified atom stereocenters. The Balaban J connectivity index is 2.25. The fourth-order valence-corrected chi connectivity index (χ4v) is 3.89. The SMILES string of the molecule is C=CCc1cc(/C=C2/C(C)=C(C#N)c3nc(N)c(C#N)c(C)c32)cc(OC)c1OCC(=O)O. The third kappa shape index (κ3) is 4.15. The van der Waals surface area contributed by atoms with Gasteiger partial charge in [0.15, 0.2) is 18.1 Å². The second-order valence-corrected chi connectivity index (χ2v) is 7.39.